The van der Waals surface area contributed by atoms with Crippen LogP contribution in [0.2, 0.25) is 0 Å². The van der Waals surface area contributed by atoms with E-state index in [4.69, 9.17) is 0 Å². The Labute approximate surface area is 114 Å². The van der Waals surface area contributed by atoms with E-state index in [2.05, 4.69) is 12.2 Å². The van der Waals surface area contributed by atoms with Crippen LogP contribution in [-0.4, -0.2) is 11.0 Å². The van der Waals surface area contributed by atoms with Gasteiger partial charge in [0.1, 0.15) is 0 Å². The van der Waals surface area contributed by atoms with E-state index in [-0.39, 0.29) is 10.6 Å². The van der Waals surface area contributed by atoms with E-state index in [1.165, 1.54) is 19.3 Å². The van der Waals surface area contributed by atoms with Crippen molar-refractivity contribution in [3.05, 3.63) is 39.4 Å². The van der Waals surface area contributed by atoms with E-state index >= 15 is 0 Å². The molecule has 1 aromatic rings. The predicted molar refractivity (Wildman–Crippen MR) is 76.1 cm³/mol. The number of hydrogen-bond donors (Lipinski definition) is 1. The molecule has 4 heteroatoms. The Morgan fingerprint density at radius 3 is 2.79 bits per heavy atom. The summed E-state index contributed by atoms with van der Waals surface area (Å²) in [6, 6.07) is 6.02. The van der Waals surface area contributed by atoms with Crippen LogP contribution in [0.4, 0.5) is 5.69 Å². The molecule has 1 atom stereocenters. The maximum Gasteiger partial charge on any atom is 0.272 e. The quantitative estimate of drug-likeness (QED) is 0.603. The van der Waals surface area contributed by atoms with E-state index in [1.807, 2.05) is 12.1 Å². The maximum absolute atomic E-state index is 10.9. The topological polar surface area (TPSA) is 55.2 Å². The summed E-state index contributed by atoms with van der Waals surface area (Å²) >= 11 is 0. The second-order valence-corrected chi connectivity index (χ2v) is 5.54. The number of nitro groups is 1. The third-order valence-electron chi connectivity index (χ3n) is 3.87. The first-order valence-corrected chi connectivity index (χ1v) is 7.07. The number of rotatable bonds is 7. The zero-order valence-corrected chi connectivity index (χ0v) is 11.7. The number of nitrogens with one attached hydrogen (secondary N) is 1. The normalized spacial score (nSPS) is 16.3. The van der Waals surface area contributed by atoms with Gasteiger partial charge < -0.3 is 5.32 Å². The molecule has 4 nitrogen and oxygen atoms in total. The largest absolute Gasteiger partial charge is 0.310 e. The summed E-state index contributed by atoms with van der Waals surface area (Å²) < 4.78 is 0. The summed E-state index contributed by atoms with van der Waals surface area (Å²) in [6.07, 6.45) is 5.09. The van der Waals surface area contributed by atoms with Gasteiger partial charge in [-0.25, -0.2) is 0 Å². The lowest BCUT2D eigenvalue weighted by atomic mass is 10.1. The third-order valence-corrected chi connectivity index (χ3v) is 3.87. The molecule has 104 valence electrons. The van der Waals surface area contributed by atoms with Gasteiger partial charge in [0.15, 0.2) is 0 Å². The maximum atomic E-state index is 10.9. The lowest BCUT2D eigenvalue weighted by Crippen LogP contribution is -2.28. The van der Waals surface area contributed by atoms with E-state index in [9.17, 15) is 10.1 Å². The lowest BCUT2D eigenvalue weighted by molar-refractivity contribution is -0.385. The van der Waals surface area contributed by atoms with Crippen molar-refractivity contribution in [1.29, 1.82) is 0 Å². The zero-order chi connectivity index (χ0) is 13.8. The molecular weight excluding hydrogens is 240 g/mol. The Morgan fingerprint density at radius 1 is 1.47 bits per heavy atom. The summed E-state index contributed by atoms with van der Waals surface area (Å²) in [5, 5.41) is 14.4. The number of nitrogens with zero attached hydrogens (tertiary/aromatic N) is 1. The van der Waals surface area contributed by atoms with Gasteiger partial charge >= 0.3 is 0 Å². The molecule has 2 rings (SSSR count). The monoisotopic (exact) mass is 262 g/mol. The van der Waals surface area contributed by atoms with Crippen LogP contribution < -0.4 is 5.32 Å². The fourth-order valence-electron chi connectivity index (χ4n) is 2.37. The van der Waals surface area contributed by atoms with Crippen molar-refractivity contribution in [3.63, 3.8) is 0 Å². The molecule has 1 unspecified atom stereocenters. The van der Waals surface area contributed by atoms with Gasteiger partial charge in [-0.15, -0.1) is 0 Å². The molecule has 0 radical (unpaired) electrons. The Balaban J connectivity index is 1.94. The van der Waals surface area contributed by atoms with Crippen LogP contribution in [0.3, 0.4) is 0 Å². The minimum Gasteiger partial charge on any atom is -0.310 e. The van der Waals surface area contributed by atoms with E-state index in [1.54, 1.807) is 13.0 Å². The highest BCUT2D eigenvalue weighted by atomic mass is 16.6. The minimum absolute atomic E-state index is 0.217. The van der Waals surface area contributed by atoms with Crippen LogP contribution >= 0.6 is 0 Å². The van der Waals surface area contributed by atoms with Crippen molar-refractivity contribution in [2.24, 2.45) is 5.92 Å². The number of hydrogen-bond acceptors (Lipinski definition) is 3. The Kier molecular flexibility index (Phi) is 4.53. The first kappa shape index (κ1) is 14.0. The molecule has 1 aromatic carbocycles. The Hall–Kier alpha value is -1.42. The molecule has 1 N–H and O–H groups in total. The van der Waals surface area contributed by atoms with E-state index in [0.717, 1.165) is 23.5 Å². The summed E-state index contributed by atoms with van der Waals surface area (Å²) in [5.74, 6) is 0.907. The van der Waals surface area contributed by atoms with Crippen molar-refractivity contribution in [2.75, 3.05) is 0 Å². The van der Waals surface area contributed by atoms with Crippen molar-refractivity contribution in [1.82, 2.24) is 5.32 Å². The highest BCUT2D eigenvalue weighted by Crippen LogP contribution is 2.34. The molecular formula is C15H22N2O2. The Bertz CT molecular complexity index is 455. The lowest BCUT2D eigenvalue weighted by Gasteiger charge is -2.16. The first-order chi connectivity index (χ1) is 9.10. The van der Waals surface area contributed by atoms with Crippen molar-refractivity contribution in [3.8, 4) is 0 Å². The SMILES string of the molecule is CCC(CC1CC1)NCc1ccc(C)c([N+](=O)[O-])c1. The molecule has 1 aliphatic carbocycles. The van der Waals surface area contributed by atoms with Gasteiger partial charge in [0.05, 0.1) is 4.92 Å². The van der Waals surface area contributed by atoms with Gasteiger partial charge in [0.25, 0.3) is 5.69 Å². The smallest absolute Gasteiger partial charge is 0.272 e. The average Bonchev–Trinajstić information content (AvgIpc) is 3.19. The van der Waals surface area contributed by atoms with Crippen LogP contribution in [0.25, 0.3) is 0 Å². The molecule has 1 fully saturated rings. The van der Waals surface area contributed by atoms with Crippen molar-refractivity contribution in [2.45, 2.75) is 52.1 Å². The van der Waals surface area contributed by atoms with Gasteiger partial charge in [0.2, 0.25) is 0 Å². The van der Waals surface area contributed by atoms with E-state index < -0.39 is 0 Å². The van der Waals surface area contributed by atoms with Gasteiger partial charge in [-0.2, -0.15) is 0 Å². The molecule has 0 bridgehead atoms. The molecule has 1 aliphatic rings. The van der Waals surface area contributed by atoms with Crippen LogP contribution in [0.5, 0.6) is 0 Å². The highest BCUT2D eigenvalue weighted by Gasteiger charge is 2.24. The standard InChI is InChI=1S/C15H22N2O2/c1-3-14(8-12-6-7-12)16-10-13-5-4-11(2)15(9-13)17(18)19/h4-5,9,12,14,16H,3,6-8,10H2,1-2H3. The molecule has 1 saturated carbocycles. The molecule has 0 aromatic heterocycles. The van der Waals surface area contributed by atoms with Crippen LogP contribution in [0.1, 0.15) is 43.7 Å². The molecule has 0 saturated heterocycles. The number of aryl methyl sites for hydroxylation is 1. The van der Waals surface area contributed by atoms with Crippen molar-refractivity contribution < 1.29 is 4.92 Å². The number of nitro benzene ring substituents is 1. The van der Waals surface area contributed by atoms with Gasteiger partial charge in [-0.1, -0.05) is 31.9 Å². The minimum atomic E-state index is -0.305. The van der Waals surface area contributed by atoms with Gasteiger partial charge in [0, 0.05) is 24.2 Å². The second kappa shape index (κ2) is 6.15. The van der Waals surface area contributed by atoms with Crippen LogP contribution in [-0.2, 0) is 6.54 Å². The molecule has 19 heavy (non-hydrogen) atoms. The molecule has 0 amide bonds. The van der Waals surface area contributed by atoms with Gasteiger partial charge in [-0.05, 0) is 31.2 Å². The summed E-state index contributed by atoms with van der Waals surface area (Å²) in [5.41, 5.74) is 1.93. The molecule has 0 aliphatic heterocycles. The second-order valence-electron chi connectivity index (χ2n) is 5.54. The van der Waals surface area contributed by atoms with Gasteiger partial charge in [-0.3, -0.25) is 10.1 Å². The molecule has 0 heterocycles. The summed E-state index contributed by atoms with van der Waals surface area (Å²) in [4.78, 5) is 10.6. The third kappa shape index (κ3) is 4.03. The van der Waals surface area contributed by atoms with Crippen LogP contribution in [0, 0.1) is 23.0 Å². The van der Waals surface area contributed by atoms with E-state index in [0.29, 0.717) is 12.6 Å². The highest BCUT2D eigenvalue weighted by molar-refractivity contribution is 5.42. The fourth-order valence-corrected chi connectivity index (χ4v) is 2.37. The first-order valence-electron chi connectivity index (χ1n) is 7.07. The predicted octanol–water partition coefficient (Wildman–Crippen LogP) is 3.57. The fraction of sp³-hybridized carbons (Fsp3) is 0.600. The summed E-state index contributed by atoms with van der Waals surface area (Å²) in [7, 11) is 0. The van der Waals surface area contributed by atoms with Crippen LogP contribution in [0.15, 0.2) is 18.2 Å². The molecule has 0 spiro atoms. The Morgan fingerprint density at radius 2 is 2.21 bits per heavy atom. The zero-order valence-electron chi connectivity index (χ0n) is 11.7. The summed E-state index contributed by atoms with van der Waals surface area (Å²) in [6.45, 7) is 4.68. The number of benzene rings is 1. The van der Waals surface area contributed by atoms with Crippen molar-refractivity contribution >= 4 is 5.69 Å². The average molecular weight is 262 g/mol.